The summed E-state index contributed by atoms with van der Waals surface area (Å²) in [6.45, 7) is 6.59. The van der Waals surface area contributed by atoms with E-state index in [-0.39, 0.29) is 0 Å². The predicted molar refractivity (Wildman–Crippen MR) is 79.0 cm³/mol. The van der Waals surface area contributed by atoms with Crippen molar-refractivity contribution in [2.45, 2.75) is 39.2 Å². The number of hydrogen-bond acceptors (Lipinski definition) is 2. The first-order valence-electron chi connectivity index (χ1n) is 6.52. The number of nitrogens with zero attached hydrogens (tertiary/aromatic N) is 1. The molecule has 0 unspecified atom stereocenters. The van der Waals surface area contributed by atoms with Crippen LogP contribution >= 0.6 is 15.9 Å². The van der Waals surface area contributed by atoms with E-state index in [0.717, 1.165) is 6.54 Å². The molecule has 1 aliphatic rings. The summed E-state index contributed by atoms with van der Waals surface area (Å²) in [6, 6.07) is 7.24. The van der Waals surface area contributed by atoms with Crippen molar-refractivity contribution in [2.24, 2.45) is 0 Å². The number of anilines is 2. The van der Waals surface area contributed by atoms with Gasteiger partial charge in [-0.15, -0.1) is 0 Å². The molecule has 0 saturated carbocycles. The molecule has 3 heteroatoms. The van der Waals surface area contributed by atoms with Crippen LogP contribution in [0.5, 0.6) is 0 Å². The lowest BCUT2D eigenvalue weighted by Gasteiger charge is -2.36. The minimum atomic E-state index is 0.657. The van der Waals surface area contributed by atoms with Gasteiger partial charge >= 0.3 is 0 Å². The van der Waals surface area contributed by atoms with Crippen molar-refractivity contribution in [3.63, 3.8) is 0 Å². The van der Waals surface area contributed by atoms with Crippen molar-refractivity contribution in [1.82, 2.24) is 0 Å². The van der Waals surface area contributed by atoms with Crippen LogP contribution in [0.1, 0.15) is 33.1 Å². The monoisotopic (exact) mass is 296 g/mol. The highest BCUT2D eigenvalue weighted by atomic mass is 79.9. The van der Waals surface area contributed by atoms with Crippen molar-refractivity contribution in [2.75, 3.05) is 23.3 Å². The molecule has 0 spiro atoms. The summed E-state index contributed by atoms with van der Waals surface area (Å²) >= 11 is 3.70. The highest BCUT2D eigenvalue weighted by Gasteiger charge is 2.20. The molecule has 2 rings (SSSR count). The van der Waals surface area contributed by atoms with Crippen LogP contribution in [0, 0.1) is 0 Å². The summed E-state index contributed by atoms with van der Waals surface area (Å²) in [5, 5.41) is 3.34. The van der Waals surface area contributed by atoms with Gasteiger partial charge in [0.15, 0.2) is 0 Å². The van der Waals surface area contributed by atoms with Gasteiger partial charge in [0.05, 0.1) is 5.69 Å². The average molecular weight is 297 g/mol. The van der Waals surface area contributed by atoms with Crippen LogP contribution in [0.4, 0.5) is 11.4 Å². The SMILES string of the molecule is CCNc1ccc(N2CCCC[C@@H]2C)c(Br)c1. The zero-order valence-electron chi connectivity index (χ0n) is 10.7. The molecule has 0 amide bonds. The maximum Gasteiger partial charge on any atom is 0.0514 e. The quantitative estimate of drug-likeness (QED) is 0.896. The van der Waals surface area contributed by atoms with E-state index < -0.39 is 0 Å². The van der Waals surface area contributed by atoms with Crippen molar-refractivity contribution >= 4 is 27.3 Å². The standard InChI is InChI=1S/C14H21BrN2/c1-3-16-12-7-8-14(13(15)10-12)17-9-5-4-6-11(17)2/h7-8,10-11,16H,3-6,9H2,1-2H3/t11-/m0/s1. The summed E-state index contributed by atoms with van der Waals surface area (Å²) in [6.07, 6.45) is 3.98. The molecule has 1 aromatic rings. The smallest absolute Gasteiger partial charge is 0.0514 e. The Labute approximate surface area is 113 Å². The van der Waals surface area contributed by atoms with Crippen molar-refractivity contribution in [1.29, 1.82) is 0 Å². The highest BCUT2D eigenvalue weighted by molar-refractivity contribution is 9.10. The lowest BCUT2D eigenvalue weighted by molar-refractivity contribution is 0.484. The van der Waals surface area contributed by atoms with Gasteiger partial charge in [0.2, 0.25) is 0 Å². The molecule has 1 N–H and O–H groups in total. The van der Waals surface area contributed by atoms with Crippen LogP contribution in [-0.4, -0.2) is 19.1 Å². The maximum absolute atomic E-state index is 3.70. The van der Waals surface area contributed by atoms with Crippen LogP contribution in [0.25, 0.3) is 0 Å². The second-order valence-electron chi connectivity index (χ2n) is 4.73. The Hall–Kier alpha value is -0.700. The fourth-order valence-electron chi connectivity index (χ4n) is 2.51. The van der Waals surface area contributed by atoms with E-state index in [1.54, 1.807) is 0 Å². The molecular weight excluding hydrogens is 276 g/mol. The first-order valence-corrected chi connectivity index (χ1v) is 7.31. The molecule has 0 aromatic heterocycles. The van der Waals surface area contributed by atoms with Crippen LogP contribution in [0.15, 0.2) is 22.7 Å². The normalized spacial score (nSPS) is 20.4. The van der Waals surface area contributed by atoms with Crippen LogP contribution < -0.4 is 10.2 Å². The van der Waals surface area contributed by atoms with E-state index >= 15 is 0 Å². The first-order chi connectivity index (χ1) is 8.22. The molecule has 1 aromatic carbocycles. The van der Waals surface area contributed by atoms with Crippen molar-refractivity contribution in [3.8, 4) is 0 Å². The molecular formula is C14H21BrN2. The summed E-state index contributed by atoms with van der Waals surface area (Å²) < 4.78 is 1.20. The van der Waals surface area contributed by atoms with E-state index in [0.29, 0.717) is 6.04 Å². The Kier molecular flexibility index (Phi) is 4.32. The van der Waals surface area contributed by atoms with E-state index in [1.807, 2.05) is 0 Å². The Morgan fingerprint density at radius 3 is 2.88 bits per heavy atom. The van der Waals surface area contributed by atoms with Gasteiger partial charge in [-0.2, -0.15) is 0 Å². The van der Waals surface area contributed by atoms with Crippen molar-refractivity contribution in [3.05, 3.63) is 22.7 Å². The number of benzene rings is 1. The maximum atomic E-state index is 3.70. The van der Waals surface area contributed by atoms with Crippen LogP contribution in [-0.2, 0) is 0 Å². The average Bonchev–Trinajstić information content (AvgIpc) is 2.31. The molecule has 1 heterocycles. The third-order valence-electron chi connectivity index (χ3n) is 3.44. The fourth-order valence-corrected chi connectivity index (χ4v) is 3.12. The first kappa shape index (κ1) is 12.7. The van der Waals surface area contributed by atoms with E-state index in [4.69, 9.17) is 0 Å². The Morgan fingerprint density at radius 1 is 1.41 bits per heavy atom. The third-order valence-corrected chi connectivity index (χ3v) is 4.08. The van der Waals surface area contributed by atoms with Crippen molar-refractivity contribution < 1.29 is 0 Å². The Bertz CT molecular complexity index is 378. The molecule has 1 atom stereocenters. The summed E-state index contributed by atoms with van der Waals surface area (Å²) in [5.41, 5.74) is 2.52. The molecule has 0 aliphatic carbocycles. The summed E-state index contributed by atoms with van der Waals surface area (Å²) in [4.78, 5) is 2.52. The Morgan fingerprint density at radius 2 is 2.24 bits per heavy atom. The lowest BCUT2D eigenvalue weighted by atomic mass is 10.0. The zero-order chi connectivity index (χ0) is 12.3. The van der Waals surface area contributed by atoms with Gasteiger partial charge in [-0.05, 0) is 67.2 Å². The predicted octanol–water partition coefficient (Wildman–Crippen LogP) is 4.26. The van der Waals surface area contributed by atoms with Gasteiger partial charge in [-0.3, -0.25) is 0 Å². The van der Waals surface area contributed by atoms with Crippen LogP contribution in [0.2, 0.25) is 0 Å². The molecule has 1 saturated heterocycles. The minimum Gasteiger partial charge on any atom is -0.385 e. The van der Waals surface area contributed by atoms with Gasteiger partial charge in [-0.1, -0.05) is 0 Å². The topological polar surface area (TPSA) is 15.3 Å². The number of halogens is 1. The molecule has 1 aliphatic heterocycles. The molecule has 17 heavy (non-hydrogen) atoms. The Balaban J connectivity index is 2.20. The molecule has 0 bridgehead atoms. The van der Waals surface area contributed by atoms with Gasteiger partial charge in [0.25, 0.3) is 0 Å². The largest absolute Gasteiger partial charge is 0.385 e. The molecule has 0 radical (unpaired) electrons. The lowest BCUT2D eigenvalue weighted by Crippen LogP contribution is -2.37. The van der Waals surface area contributed by atoms with Gasteiger partial charge in [0, 0.05) is 29.3 Å². The van der Waals surface area contributed by atoms with Gasteiger partial charge < -0.3 is 10.2 Å². The van der Waals surface area contributed by atoms with E-state index in [2.05, 4.69) is 58.2 Å². The summed E-state index contributed by atoms with van der Waals surface area (Å²) in [5.74, 6) is 0. The van der Waals surface area contributed by atoms with E-state index in [9.17, 15) is 0 Å². The third kappa shape index (κ3) is 2.95. The molecule has 1 fully saturated rings. The number of rotatable bonds is 3. The minimum absolute atomic E-state index is 0.657. The van der Waals surface area contributed by atoms with Crippen LogP contribution in [0.3, 0.4) is 0 Å². The second kappa shape index (κ2) is 5.76. The summed E-state index contributed by atoms with van der Waals surface area (Å²) in [7, 11) is 0. The van der Waals surface area contributed by atoms with Gasteiger partial charge in [0.1, 0.15) is 0 Å². The number of hydrogen-bond donors (Lipinski definition) is 1. The number of nitrogens with one attached hydrogen (secondary N) is 1. The van der Waals surface area contributed by atoms with Gasteiger partial charge in [-0.25, -0.2) is 0 Å². The molecule has 2 nitrogen and oxygen atoms in total. The molecule has 94 valence electrons. The second-order valence-corrected chi connectivity index (χ2v) is 5.59. The van der Waals surface area contributed by atoms with E-state index in [1.165, 1.54) is 41.7 Å². The highest BCUT2D eigenvalue weighted by Crippen LogP contribution is 2.33. The zero-order valence-corrected chi connectivity index (χ0v) is 12.3. The fraction of sp³-hybridized carbons (Fsp3) is 0.571. The number of piperidine rings is 1.